The normalized spacial score (nSPS) is 28.3. The van der Waals surface area contributed by atoms with Gasteiger partial charge in [0.2, 0.25) is 0 Å². The summed E-state index contributed by atoms with van der Waals surface area (Å²) in [6.07, 6.45) is 13.2. The second kappa shape index (κ2) is 4.53. The molecule has 0 bridgehead atoms. The van der Waals surface area contributed by atoms with Crippen LogP contribution in [0.1, 0.15) is 53.4 Å². The van der Waals surface area contributed by atoms with Crippen LogP contribution in [0.3, 0.4) is 0 Å². The van der Waals surface area contributed by atoms with Gasteiger partial charge in [-0.05, 0) is 36.7 Å². The molecule has 0 aromatic heterocycles. The van der Waals surface area contributed by atoms with Gasteiger partial charge >= 0.3 is 0 Å². The Morgan fingerprint density at radius 3 is 2.44 bits per heavy atom. The molecule has 0 aromatic carbocycles. The topological polar surface area (TPSA) is 17.1 Å². The van der Waals surface area contributed by atoms with Crippen LogP contribution in [0.5, 0.6) is 0 Å². The van der Waals surface area contributed by atoms with Crippen LogP contribution in [-0.2, 0) is 4.79 Å². The van der Waals surface area contributed by atoms with Gasteiger partial charge in [0.25, 0.3) is 0 Å². The molecule has 18 heavy (non-hydrogen) atoms. The average molecular weight is 244 g/mol. The van der Waals surface area contributed by atoms with E-state index in [-0.39, 0.29) is 16.6 Å². The zero-order valence-electron chi connectivity index (χ0n) is 12.0. The highest BCUT2D eigenvalue weighted by Crippen LogP contribution is 2.44. The van der Waals surface area contributed by atoms with Crippen molar-refractivity contribution < 1.29 is 4.79 Å². The van der Waals surface area contributed by atoms with Gasteiger partial charge in [0.1, 0.15) is 0 Å². The predicted molar refractivity (Wildman–Crippen MR) is 76.3 cm³/mol. The third-order valence-electron chi connectivity index (χ3n) is 4.06. The van der Waals surface area contributed by atoms with Gasteiger partial charge in [-0.15, -0.1) is 0 Å². The zero-order valence-corrected chi connectivity index (χ0v) is 12.0. The molecule has 2 rings (SSSR count). The maximum Gasteiger partial charge on any atom is 0.184 e. The van der Waals surface area contributed by atoms with Gasteiger partial charge in [-0.3, -0.25) is 4.79 Å². The van der Waals surface area contributed by atoms with Crippen molar-refractivity contribution in [3.8, 4) is 0 Å². The summed E-state index contributed by atoms with van der Waals surface area (Å²) in [5, 5.41) is 0. The number of hydrogen-bond donors (Lipinski definition) is 0. The first-order valence-corrected chi connectivity index (χ1v) is 7.03. The van der Waals surface area contributed by atoms with Gasteiger partial charge in [0, 0.05) is 11.0 Å². The van der Waals surface area contributed by atoms with Gasteiger partial charge in [0.05, 0.1) is 0 Å². The molecule has 0 saturated carbocycles. The molecule has 2 aliphatic carbocycles. The Morgan fingerprint density at radius 1 is 1.22 bits per heavy atom. The lowest BCUT2D eigenvalue weighted by Crippen LogP contribution is -2.30. The summed E-state index contributed by atoms with van der Waals surface area (Å²) in [4.78, 5) is 12.5. The minimum atomic E-state index is -0.0556. The monoisotopic (exact) mass is 244 g/mol. The lowest BCUT2D eigenvalue weighted by Gasteiger charge is -2.37. The Morgan fingerprint density at radius 2 is 1.94 bits per heavy atom. The van der Waals surface area contributed by atoms with Gasteiger partial charge in [-0.2, -0.15) is 0 Å². The van der Waals surface area contributed by atoms with E-state index < -0.39 is 0 Å². The molecule has 0 heterocycles. The SMILES string of the molecule is CCC1=CC2(C=C(C(C)(C)C)C1=O)CC=CCC2. The van der Waals surface area contributed by atoms with Crippen molar-refractivity contribution in [1.82, 2.24) is 0 Å². The first-order valence-electron chi connectivity index (χ1n) is 7.03. The highest BCUT2D eigenvalue weighted by molar-refractivity contribution is 6.10. The lowest BCUT2D eigenvalue weighted by molar-refractivity contribution is -0.113. The molecule has 1 nitrogen and oxygen atoms in total. The molecule has 0 radical (unpaired) electrons. The van der Waals surface area contributed by atoms with Gasteiger partial charge in [0.15, 0.2) is 5.78 Å². The summed E-state index contributed by atoms with van der Waals surface area (Å²) < 4.78 is 0. The molecular weight excluding hydrogens is 220 g/mol. The third-order valence-corrected chi connectivity index (χ3v) is 4.06. The zero-order chi connectivity index (χ0) is 13.4. The quantitative estimate of drug-likeness (QED) is 0.616. The van der Waals surface area contributed by atoms with E-state index in [1.54, 1.807) is 0 Å². The second-order valence-electron chi connectivity index (χ2n) is 6.61. The fraction of sp³-hybridized carbons (Fsp3) is 0.588. The fourth-order valence-electron chi connectivity index (χ4n) is 2.94. The molecule has 1 spiro atoms. The smallest absolute Gasteiger partial charge is 0.184 e. The van der Waals surface area contributed by atoms with Crippen molar-refractivity contribution in [2.75, 3.05) is 0 Å². The van der Waals surface area contributed by atoms with Crippen LogP contribution in [0.4, 0.5) is 0 Å². The van der Waals surface area contributed by atoms with Crippen molar-refractivity contribution in [2.45, 2.75) is 53.4 Å². The molecule has 0 aliphatic heterocycles. The first kappa shape index (κ1) is 13.3. The third kappa shape index (κ3) is 2.36. The highest BCUT2D eigenvalue weighted by Gasteiger charge is 2.36. The number of Topliss-reactive ketones (excluding diaryl/α,β-unsaturated/α-hetero) is 1. The number of ketones is 1. The van der Waals surface area contributed by atoms with Crippen molar-refractivity contribution in [1.29, 1.82) is 0 Å². The molecule has 0 amide bonds. The number of carbonyl (C=O) groups excluding carboxylic acids is 1. The van der Waals surface area contributed by atoms with Crippen molar-refractivity contribution in [3.05, 3.63) is 35.5 Å². The summed E-state index contributed by atoms with van der Waals surface area (Å²) in [5.74, 6) is 0.269. The van der Waals surface area contributed by atoms with E-state index in [4.69, 9.17) is 0 Å². The van der Waals surface area contributed by atoms with E-state index in [9.17, 15) is 4.79 Å². The molecule has 1 atom stereocenters. The van der Waals surface area contributed by atoms with Gasteiger partial charge < -0.3 is 0 Å². The Hall–Kier alpha value is -1.11. The maximum atomic E-state index is 12.5. The lowest BCUT2D eigenvalue weighted by atomic mass is 9.66. The highest BCUT2D eigenvalue weighted by atomic mass is 16.1. The minimum absolute atomic E-state index is 0.0556. The first-order chi connectivity index (χ1) is 8.38. The molecular formula is C17H24O. The Kier molecular flexibility index (Phi) is 3.35. The largest absolute Gasteiger partial charge is 0.289 e. The molecule has 0 fully saturated rings. The number of hydrogen-bond acceptors (Lipinski definition) is 1. The molecule has 2 aliphatic rings. The molecule has 0 aromatic rings. The summed E-state index contributed by atoms with van der Waals surface area (Å²) >= 11 is 0. The van der Waals surface area contributed by atoms with Gasteiger partial charge in [-0.1, -0.05) is 52.0 Å². The van der Waals surface area contributed by atoms with E-state index in [1.807, 2.05) is 0 Å². The van der Waals surface area contributed by atoms with Crippen LogP contribution >= 0.6 is 0 Å². The molecule has 1 heteroatoms. The summed E-state index contributed by atoms with van der Waals surface area (Å²) in [7, 11) is 0. The Balaban J connectivity index is 2.47. The van der Waals surface area contributed by atoms with Crippen molar-refractivity contribution >= 4 is 5.78 Å². The van der Waals surface area contributed by atoms with Crippen LogP contribution in [0.2, 0.25) is 0 Å². The molecule has 0 N–H and O–H groups in total. The van der Waals surface area contributed by atoms with Crippen LogP contribution < -0.4 is 0 Å². The number of carbonyl (C=O) groups is 1. The Labute approximate surface area is 111 Å². The Bertz CT molecular complexity index is 443. The summed E-state index contributed by atoms with van der Waals surface area (Å²) in [6, 6.07) is 0. The van der Waals surface area contributed by atoms with Crippen molar-refractivity contribution in [2.24, 2.45) is 10.8 Å². The van der Waals surface area contributed by atoms with Gasteiger partial charge in [-0.25, -0.2) is 0 Å². The number of rotatable bonds is 1. The molecule has 0 saturated heterocycles. The van der Waals surface area contributed by atoms with E-state index >= 15 is 0 Å². The van der Waals surface area contributed by atoms with E-state index in [2.05, 4.69) is 52.0 Å². The predicted octanol–water partition coefficient (Wildman–Crippen LogP) is 4.60. The van der Waals surface area contributed by atoms with Crippen LogP contribution in [0, 0.1) is 10.8 Å². The fourth-order valence-corrected chi connectivity index (χ4v) is 2.94. The van der Waals surface area contributed by atoms with Crippen LogP contribution in [0.15, 0.2) is 35.5 Å². The maximum absolute atomic E-state index is 12.5. The number of allylic oxidation sites excluding steroid dienone is 6. The van der Waals surface area contributed by atoms with E-state index in [0.29, 0.717) is 0 Å². The van der Waals surface area contributed by atoms with Crippen LogP contribution in [0.25, 0.3) is 0 Å². The molecule has 1 unspecified atom stereocenters. The minimum Gasteiger partial charge on any atom is -0.289 e. The summed E-state index contributed by atoms with van der Waals surface area (Å²) in [6.45, 7) is 8.51. The average Bonchev–Trinajstić information content (AvgIpc) is 2.32. The van der Waals surface area contributed by atoms with Crippen LogP contribution in [-0.4, -0.2) is 5.78 Å². The van der Waals surface area contributed by atoms with Crippen molar-refractivity contribution in [3.63, 3.8) is 0 Å². The standard InChI is InChI=1S/C17H24O/c1-5-13-11-17(9-7-6-8-10-17)12-14(15(13)18)16(2,3)4/h6-7,11-12H,5,8-10H2,1-4H3. The second-order valence-corrected chi connectivity index (χ2v) is 6.61. The summed E-state index contributed by atoms with van der Waals surface area (Å²) in [5.41, 5.74) is 2.08. The van der Waals surface area contributed by atoms with E-state index in [0.717, 1.165) is 36.8 Å². The molecule has 98 valence electrons. The van der Waals surface area contributed by atoms with E-state index in [1.165, 1.54) is 0 Å².